The molecule has 5 aliphatic carbocycles. The first-order valence-electron chi connectivity index (χ1n) is 15.1. The molecule has 4 fully saturated rings. The topological polar surface area (TPSA) is 46.5 Å². The standard InChI is InChI=1S/C33H54O3/c1-21(2)36-26-13-14-31(7)24(28(26,3)4)12-15-33(9)25(31)11-10-22-23-20-30(6,27(34)35)17-16-29(23,5)18-19-32(22,33)8/h10,21,23-26H,11-20H2,1-9H3,(H,34,35)/t23-,24?,25?,26-,29+,30-,31-,32+,33+/m0/s1. The SMILES string of the molecule is CC(C)O[C@H]1CC[C@@]2(C)C(CC[C@]3(C)C2CC=C2[C@@H]4C[C@@](C)(C(=O)O)CC[C@]4(C)CC[C@]23C)C1(C)C. The molecule has 2 unspecified atom stereocenters. The van der Waals surface area contributed by atoms with Gasteiger partial charge in [0.15, 0.2) is 0 Å². The molecule has 0 aromatic carbocycles. The number of rotatable bonds is 3. The second kappa shape index (κ2) is 8.09. The number of hydrogen-bond donors (Lipinski definition) is 1. The van der Waals surface area contributed by atoms with Gasteiger partial charge in [-0.2, -0.15) is 0 Å². The van der Waals surface area contributed by atoms with Gasteiger partial charge in [0, 0.05) is 0 Å². The number of carbonyl (C=O) groups is 1. The van der Waals surface area contributed by atoms with Crippen LogP contribution in [0.5, 0.6) is 0 Å². The first kappa shape index (κ1) is 26.8. The van der Waals surface area contributed by atoms with E-state index in [-0.39, 0.29) is 27.8 Å². The second-order valence-electron chi connectivity index (χ2n) is 16.1. The molecule has 0 amide bonds. The van der Waals surface area contributed by atoms with Crippen molar-refractivity contribution < 1.29 is 14.6 Å². The van der Waals surface area contributed by atoms with Crippen LogP contribution in [0.15, 0.2) is 11.6 Å². The van der Waals surface area contributed by atoms with Crippen LogP contribution in [0.1, 0.15) is 127 Å². The summed E-state index contributed by atoms with van der Waals surface area (Å²) in [5, 5.41) is 10.1. The molecule has 1 N–H and O–H groups in total. The fourth-order valence-electron chi connectivity index (χ4n) is 11.1. The average Bonchev–Trinajstić information content (AvgIpc) is 2.77. The van der Waals surface area contributed by atoms with Crippen LogP contribution in [-0.4, -0.2) is 23.3 Å². The van der Waals surface area contributed by atoms with Crippen LogP contribution in [0.3, 0.4) is 0 Å². The van der Waals surface area contributed by atoms with Gasteiger partial charge in [0.05, 0.1) is 17.6 Å². The monoisotopic (exact) mass is 498 g/mol. The molecule has 0 heterocycles. The van der Waals surface area contributed by atoms with Gasteiger partial charge in [0.2, 0.25) is 0 Å². The van der Waals surface area contributed by atoms with Crippen LogP contribution >= 0.6 is 0 Å². The number of allylic oxidation sites excluding steroid dienone is 2. The minimum atomic E-state index is -0.590. The zero-order chi connectivity index (χ0) is 26.5. The van der Waals surface area contributed by atoms with Crippen molar-refractivity contribution in [1.29, 1.82) is 0 Å². The zero-order valence-corrected chi connectivity index (χ0v) is 24.8. The van der Waals surface area contributed by atoms with Crippen LogP contribution in [0.2, 0.25) is 0 Å². The molecule has 0 spiro atoms. The van der Waals surface area contributed by atoms with E-state index in [1.807, 2.05) is 6.92 Å². The molecule has 0 aliphatic heterocycles. The van der Waals surface area contributed by atoms with Crippen molar-refractivity contribution in [1.82, 2.24) is 0 Å². The minimum Gasteiger partial charge on any atom is -0.481 e. The van der Waals surface area contributed by atoms with E-state index in [4.69, 9.17) is 4.74 Å². The molecule has 4 saturated carbocycles. The van der Waals surface area contributed by atoms with E-state index >= 15 is 0 Å². The summed E-state index contributed by atoms with van der Waals surface area (Å²) in [5.74, 6) is 1.21. The molecule has 0 radical (unpaired) electrons. The summed E-state index contributed by atoms with van der Waals surface area (Å²) in [7, 11) is 0. The number of ether oxygens (including phenoxy) is 1. The maximum atomic E-state index is 12.3. The van der Waals surface area contributed by atoms with Gasteiger partial charge < -0.3 is 9.84 Å². The third-order valence-corrected chi connectivity index (χ3v) is 13.7. The van der Waals surface area contributed by atoms with E-state index in [2.05, 4.69) is 61.5 Å². The van der Waals surface area contributed by atoms with Gasteiger partial charge in [-0.25, -0.2) is 0 Å². The molecule has 204 valence electrons. The normalized spacial score (nSPS) is 51.9. The van der Waals surface area contributed by atoms with E-state index in [0.29, 0.717) is 29.3 Å². The Morgan fingerprint density at radius 2 is 1.58 bits per heavy atom. The lowest BCUT2D eigenvalue weighted by Crippen LogP contribution is -2.64. The highest BCUT2D eigenvalue weighted by atomic mass is 16.5. The Labute approximate surface area is 221 Å². The van der Waals surface area contributed by atoms with Gasteiger partial charge in [-0.3, -0.25) is 4.79 Å². The molecule has 3 heteroatoms. The van der Waals surface area contributed by atoms with Crippen molar-refractivity contribution in [3.63, 3.8) is 0 Å². The predicted molar refractivity (Wildman–Crippen MR) is 147 cm³/mol. The number of fused-ring (bicyclic) bond motifs is 7. The summed E-state index contributed by atoms with van der Waals surface area (Å²) >= 11 is 0. The predicted octanol–water partition coefficient (Wildman–Crippen LogP) is 8.67. The third kappa shape index (κ3) is 3.42. The van der Waals surface area contributed by atoms with Crippen molar-refractivity contribution in [3.05, 3.63) is 11.6 Å². The Morgan fingerprint density at radius 1 is 0.917 bits per heavy atom. The highest BCUT2D eigenvalue weighted by Crippen LogP contribution is 2.75. The van der Waals surface area contributed by atoms with Gasteiger partial charge in [-0.15, -0.1) is 0 Å². The molecule has 36 heavy (non-hydrogen) atoms. The molecule has 5 rings (SSSR count). The van der Waals surface area contributed by atoms with Crippen LogP contribution < -0.4 is 0 Å². The van der Waals surface area contributed by atoms with Crippen LogP contribution in [-0.2, 0) is 9.53 Å². The van der Waals surface area contributed by atoms with Crippen molar-refractivity contribution >= 4 is 5.97 Å². The first-order chi connectivity index (χ1) is 16.5. The van der Waals surface area contributed by atoms with E-state index in [9.17, 15) is 9.90 Å². The fourth-order valence-corrected chi connectivity index (χ4v) is 11.1. The molecule has 0 aromatic heterocycles. The number of hydrogen-bond acceptors (Lipinski definition) is 2. The maximum absolute atomic E-state index is 12.3. The maximum Gasteiger partial charge on any atom is 0.309 e. The van der Waals surface area contributed by atoms with Crippen LogP contribution in [0.25, 0.3) is 0 Å². The number of aliphatic carboxylic acids is 1. The number of carboxylic acid groups (broad SMARTS) is 1. The summed E-state index contributed by atoms with van der Waals surface area (Å²) in [6, 6.07) is 0. The molecule has 0 bridgehead atoms. The van der Waals surface area contributed by atoms with Gasteiger partial charge in [-0.05, 0) is 130 Å². The summed E-state index contributed by atoms with van der Waals surface area (Å²) in [6.45, 7) is 21.8. The summed E-state index contributed by atoms with van der Waals surface area (Å²) in [5.41, 5.74) is 2.33. The first-order valence-corrected chi connectivity index (χ1v) is 15.1. The van der Waals surface area contributed by atoms with E-state index in [1.54, 1.807) is 5.57 Å². The van der Waals surface area contributed by atoms with Crippen molar-refractivity contribution in [2.24, 2.45) is 50.2 Å². The van der Waals surface area contributed by atoms with Crippen molar-refractivity contribution in [3.8, 4) is 0 Å². The molecular formula is C33H54O3. The van der Waals surface area contributed by atoms with E-state index in [0.717, 1.165) is 19.3 Å². The molecule has 9 atom stereocenters. The van der Waals surface area contributed by atoms with Crippen molar-refractivity contribution in [2.45, 2.75) is 139 Å². The van der Waals surface area contributed by atoms with Gasteiger partial charge in [0.1, 0.15) is 0 Å². The zero-order valence-electron chi connectivity index (χ0n) is 24.8. The second-order valence-corrected chi connectivity index (χ2v) is 16.1. The van der Waals surface area contributed by atoms with Crippen LogP contribution in [0, 0.1) is 50.2 Å². The minimum absolute atomic E-state index is 0.181. The fraction of sp³-hybridized carbons (Fsp3) is 0.909. The molecule has 5 aliphatic rings. The lowest BCUT2D eigenvalue weighted by atomic mass is 9.33. The molecular weight excluding hydrogens is 444 g/mol. The van der Waals surface area contributed by atoms with Gasteiger partial charge >= 0.3 is 5.97 Å². The summed E-state index contributed by atoms with van der Waals surface area (Å²) < 4.78 is 6.52. The van der Waals surface area contributed by atoms with Gasteiger partial charge in [0.25, 0.3) is 0 Å². The van der Waals surface area contributed by atoms with Crippen LogP contribution in [0.4, 0.5) is 0 Å². The largest absolute Gasteiger partial charge is 0.481 e. The van der Waals surface area contributed by atoms with E-state index < -0.39 is 11.4 Å². The quantitative estimate of drug-likeness (QED) is 0.396. The Morgan fingerprint density at radius 3 is 2.22 bits per heavy atom. The smallest absolute Gasteiger partial charge is 0.309 e. The molecule has 0 saturated heterocycles. The average molecular weight is 499 g/mol. The lowest BCUT2D eigenvalue weighted by Gasteiger charge is -2.71. The third-order valence-electron chi connectivity index (χ3n) is 13.7. The molecule has 3 nitrogen and oxygen atoms in total. The Kier molecular flexibility index (Phi) is 6.01. The van der Waals surface area contributed by atoms with Gasteiger partial charge in [-0.1, -0.05) is 53.2 Å². The summed E-state index contributed by atoms with van der Waals surface area (Å²) in [4.78, 5) is 12.3. The molecule has 0 aromatic rings. The lowest BCUT2D eigenvalue weighted by molar-refractivity contribution is -0.216. The number of carboxylic acids is 1. The van der Waals surface area contributed by atoms with Crippen molar-refractivity contribution in [2.75, 3.05) is 0 Å². The van der Waals surface area contributed by atoms with E-state index in [1.165, 1.54) is 44.9 Å². The highest BCUT2D eigenvalue weighted by molar-refractivity contribution is 5.74. The highest BCUT2D eigenvalue weighted by Gasteiger charge is 2.68. The summed E-state index contributed by atoms with van der Waals surface area (Å²) in [6.07, 6.45) is 14.8. The Bertz CT molecular complexity index is 949. The Hall–Kier alpha value is -0.830. The Balaban J connectivity index is 1.52.